The van der Waals surface area contributed by atoms with Crippen molar-refractivity contribution in [2.24, 2.45) is 5.41 Å². The molecule has 7 heteroatoms. The molecule has 3 N–H and O–H groups in total. The number of hydrogen-bond acceptors (Lipinski definition) is 4. The number of carbonyl (C=O) groups is 3. The first-order chi connectivity index (χ1) is 14.2. The van der Waals surface area contributed by atoms with Crippen molar-refractivity contribution in [2.75, 3.05) is 0 Å². The van der Waals surface area contributed by atoms with Gasteiger partial charge in [-0.1, -0.05) is 81.4 Å². The maximum atomic E-state index is 12.9. The zero-order chi connectivity index (χ0) is 22.1. The fourth-order valence-electron chi connectivity index (χ4n) is 2.86. The number of carboxylic acids is 1. The van der Waals surface area contributed by atoms with Crippen molar-refractivity contribution in [1.82, 2.24) is 10.6 Å². The third-order valence-electron chi connectivity index (χ3n) is 4.50. The van der Waals surface area contributed by atoms with Crippen molar-refractivity contribution < 1.29 is 24.2 Å². The van der Waals surface area contributed by atoms with Crippen molar-refractivity contribution >= 4 is 18.0 Å². The molecule has 2 atom stereocenters. The number of hydrogen-bond donors (Lipinski definition) is 3. The number of alkyl carbamates (subject to hydrolysis) is 1. The summed E-state index contributed by atoms with van der Waals surface area (Å²) < 4.78 is 5.21. The van der Waals surface area contributed by atoms with Crippen LogP contribution in [0.5, 0.6) is 0 Å². The van der Waals surface area contributed by atoms with Crippen LogP contribution in [0.25, 0.3) is 0 Å². The molecule has 2 aromatic rings. The predicted octanol–water partition coefficient (Wildman–Crippen LogP) is 3.14. The van der Waals surface area contributed by atoms with Crippen molar-refractivity contribution in [3.8, 4) is 0 Å². The van der Waals surface area contributed by atoms with Gasteiger partial charge in [0.1, 0.15) is 18.7 Å². The predicted molar refractivity (Wildman–Crippen MR) is 113 cm³/mol. The molecule has 2 amide bonds. The highest BCUT2D eigenvalue weighted by Gasteiger charge is 2.35. The Bertz CT molecular complexity index is 847. The normalized spacial score (nSPS) is 13.0. The molecule has 0 aliphatic carbocycles. The van der Waals surface area contributed by atoms with Gasteiger partial charge in [-0.2, -0.15) is 0 Å². The Balaban J connectivity index is 2.02. The Morgan fingerprint density at radius 2 is 1.43 bits per heavy atom. The summed E-state index contributed by atoms with van der Waals surface area (Å²) in [6.45, 7) is 5.40. The van der Waals surface area contributed by atoms with Crippen LogP contribution in [0.4, 0.5) is 4.79 Å². The molecule has 160 valence electrons. The summed E-state index contributed by atoms with van der Waals surface area (Å²) >= 11 is 0. The van der Waals surface area contributed by atoms with E-state index in [1.807, 2.05) is 36.4 Å². The molecule has 0 spiro atoms. The second-order valence-corrected chi connectivity index (χ2v) is 8.09. The average molecular weight is 412 g/mol. The molecule has 2 rings (SSSR count). The van der Waals surface area contributed by atoms with Crippen LogP contribution in [0.15, 0.2) is 60.7 Å². The van der Waals surface area contributed by atoms with E-state index < -0.39 is 35.5 Å². The van der Waals surface area contributed by atoms with Gasteiger partial charge < -0.3 is 20.5 Å². The molecular weight excluding hydrogens is 384 g/mol. The van der Waals surface area contributed by atoms with E-state index in [1.54, 1.807) is 45.0 Å². The third-order valence-corrected chi connectivity index (χ3v) is 4.50. The van der Waals surface area contributed by atoms with E-state index in [9.17, 15) is 19.5 Å². The molecule has 0 aliphatic heterocycles. The minimum atomic E-state index is -1.15. The molecule has 30 heavy (non-hydrogen) atoms. The second kappa shape index (κ2) is 10.4. The van der Waals surface area contributed by atoms with E-state index in [1.165, 1.54) is 0 Å². The molecule has 0 heterocycles. The maximum Gasteiger partial charge on any atom is 0.408 e. The Labute approximate surface area is 176 Å². The summed E-state index contributed by atoms with van der Waals surface area (Å²) in [7, 11) is 0. The minimum Gasteiger partial charge on any atom is -0.480 e. The fraction of sp³-hybridized carbons (Fsp3) is 0.348. The molecule has 0 radical (unpaired) electrons. The number of rotatable bonds is 8. The Morgan fingerprint density at radius 3 is 1.93 bits per heavy atom. The molecule has 7 nitrogen and oxygen atoms in total. The highest BCUT2D eigenvalue weighted by atomic mass is 16.5. The van der Waals surface area contributed by atoms with E-state index in [2.05, 4.69) is 10.6 Å². The van der Waals surface area contributed by atoms with Gasteiger partial charge >= 0.3 is 12.1 Å². The first-order valence-corrected chi connectivity index (χ1v) is 9.71. The van der Waals surface area contributed by atoms with Crippen LogP contribution < -0.4 is 10.6 Å². The van der Waals surface area contributed by atoms with Gasteiger partial charge in [0.05, 0.1) is 0 Å². The zero-order valence-corrected chi connectivity index (χ0v) is 17.4. The van der Waals surface area contributed by atoms with E-state index in [-0.39, 0.29) is 13.0 Å². The minimum absolute atomic E-state index is 0.0664. The maximum absolute atomic E-state index is 12.9. The Kier molecular flexibility index (Phi) is 7.98. The molecule has 0 saturated carbocycles. The smallest absolute Gasteiger partial charge is 0.408 e. The number of ether oxygens (including phenoxy) is 1. The zero-order valence-electron chi connectivity index (χ0n) is 17.4. The van der Waals surface area contributed by atoms with Gasteiger partial charge in [0.15, 0.2) is 0 Å². The summed E-state index contributed by atoms with van der Waals surface area (Å²) in [5, 5.41) is 14.6. The Morgan fingerprint density at radius 1 is 0.900 bits per heavy atom. The van der Waals surface area contributed by atoms with Crippen LogP contribution in [0, 0.1) is 5.41 Å². The van der Waals surface area contributed by atoms with Crippen molar-refractivity contribution in [1.29, 1.82) is 0 Å². The van der Waals surface area contributed by atoms with Gasteiger partial charge in [-0.25, -0.2) is 9.59 Å². The lowest BCUT2D eigenvalue weighted by atomic mass is 9.86. The van der Waals surface area contributed by atoms with E-state index >= 15 is 0 Å². The molecular formula is C23H28N2O5. The van der Waals surface area contributed by atoms with Gasteiger partial charge in [-0.15, -0.1) is 0 Å². The molecule has 0 bridgehead atoms. The number of carboxylic acid groups (broad SMARTS) is 1. The SMILES string of the molecule is CC(C)(C)[C@H](NC(=O)OCc1ccccc1)C(=O)N[C@@H](Cc1ccccc1)C(=O)O. The first kappa shape index (κ1) is 22.9. The number of amides is 2. The van der Waals surface area contributed by atoms with E-state index in [0.29, 0.717) is 0 Å². The monoisotopic (exact) mass is 412 g/mol. The highest BCUT2D eigenvalue weighted by molar-refractivity contribution is 5.90. The van der Waals surface area contributed by atoms with Crippen LogP contribution in [-0.4, -0.2) is 35.2 Å². The lowest BCUT2D eigenvalue weighted by molar-refractivity contribution is -0.142. The van der Waals surface area contributed by atoms with E-state index in [0.717, 1.165) is 11.1 Å². The van der Waals surface area contributed by atoms with E-state index in [4.69, 9.17) is 4.74 Å². The Hall–Kier alpha value is -3.35. The van der Waals surface area contributed by atoms with Gasteiger partial charge in [0, 0.05) is 6.42 Å². The molecule has 0 aromatic heterocycles. The van der Waals surface area contributed by atoms with Crippen LogP contribution in [0.3, 0.4) is 0 Å². The molecule has 0 aliphatic rings. The molecule has 0 unspecified atom stereocenters. The first-order valence-electron chi connectivity index (χ1n) is 9.71. The summed E-state index contributed by atoms with van der Waals surface area (Å²) in [6.07, 6.45) is -0.610. The third kappa shape index (κ3) is 7.24. The molecule has 2 aromatic carbocycles. The average Bonchev–Trinajstić information content (AvgIpc) is 2.70. The summed E-state index contributed by atoms with van der Waals surface area (Å²) in [4.78, 5) is 36.8. The van der Waals surface area contributed by atoms with Crippen LogP contribution >= 0.6 is 0 Å². The molecule has 0 saturated heterocycles. The van der Waals surface area contributed by atoms with Gasteiger partial charge in [-0.05, 0) is 16.5 Å². The summed E-state index contributed by atoms with van der Waals surface area (Å²) in [5.41, 5.74) is 0.942. The standard InChI is InChI=1S/C23H28N2O5/c1-23(2,3)19(25-22(29)30-15-17-12-8-5-9-13-17)20(26)24-18(21(27)28)14-16-10-6-4-7-11-16/h4-13,18-19H,14-15H2,1-3H3,(H,24,26)(H,25,29)(H,27,28)/t18-,19+/m0/s1. The van der Waals surface area contributed by atoms with Crippen molar-refractivity contribution in [2.45, 2.75) is 45.9 Å². The number of nitrogens with one attached hydrogen (secondary N) is 2. The number of aliphatic carboxylic acids is 1. The summed E-state index contributed by atoms with van der Waals surface area (Å²) in [5.74, 6) is -1.73. The van der Waals surface area contributed by atoms with Crippen molar-refractivity contribution in [3.05, 3.63) is 71.8 Å². The topological polar surface area (TPSA) is 105 Å². The lowest BCUT2D eigenvalue weighted by Crippen LogP contribution is -2.57. The van der Waals surface area contributed by atoms with Gasteiger partial charge in [0.25, 0.3) is 0 Å². The quantitative estimate of drug-likeness (QED) is 0.618. The summed E-state index contributed by atoms with van der Waals surface area (Å²) in [6, 6.07) is 16.1. The van der Waals surface area contributed by atoms with Crippen LogP contribution in [-0.2, 0) is 27.4 Å². The van der Waals surface area contributed by atoms with Gasteiger partial charge in [0.2, 0.25) is 5.91 Å². The number of carbonyl (C=O) groups excluding carboxylic acids is 2. The van der Waals surface area contributed by atoms with Crippen molar-refractivity contribution in [3.63, 3.8) is 0 Å². The second-order valence-electron chi connectivity index (χ2n) is 8.09. The van der Waals surface area contributed by atoms with Crippen LogP contribution in [0.1, 0.15) is 31.9 Å². The molecule has 0 fully saturated rings. The lowest BCUT2D eigenvalue weighted by Gasteiger charge is -2.31. The largest absolute Gasteiger partial charge is 0.480 e. The fourth-order valence-corrected chi connectivity index (χ4v) is 2.86. The highest BCUT2D eigenvalue weighted by Crippen LogP contribution is 2.20. The number of benzene rings is 2. The van der Waals surface area contributed by atoms with Gasteiger partial charge in [-0.3, -0.25) is 4.79 Å². The van der Waals surface area contributed by atoms with Crippen LogP contribution in [0.2, 0.25) is 0 Å².